The highest BCUT2D eigenvalue weighted by Gasteiger charge is 2.72. The minimum Gasteiger partial charge on any atom is -0.393 e. The van der Waals surface area contributed by atoms with E-state index in [0.29, 0.717) is 11.3 Å². The number of benzene rings is 1. The number of aliphatic hydroxyl groups is 1. The first-order chi connectivity index (χ1) is 11.0. The van der Waals surface area contributed by atoms with Gasteiger partial charge in [0.05, 0.1) is 41.4 Å². The van der Waals surface area contributed by atoms with E-state index in [1.54, 1.807) is 43.3 Å². The Labute approximate surface area is 132 Å². The van der Waals surface area contributed by atoms with Gasteiger partial charge < -0.3 is 9.84 Å². The van der Waals surface area contributed by atoms with Gasteiger partial charge in [-0.1, -0.05) is 12.2 Å². The third-order valence-corrected chi connectivity index (χ3v) is 5.06. The molecule has 3 heterocycles. The van der Waals surface area contributed by atoms with Gasteiger partial charge in [-0.25, -0.2) is 4.90 Å². The van der Waals surface area contributed by atoms with Crippen molar-refractivity contribution < 1.29 is 19.4 Å². The molecule has 1 aromatic rings. The minimum absolute atomic E-state index is 0.327. The third-order valence-electron chi connectivity index (χ3n) is 5.06. The van der Waals surface area contributed by atoms with Crippen LogP contribution in [0.3, 0.4) is 0 Å². The standard InChI is InChI=1S/C17H14N2O4/c1-16-6-7-17(9-20,23-16)13-12(16)14(21)19(15(13)22)11-4-2-10(8-18)3-5-11/h2-7,12-13,20H,9H2,1H3/t12-,13+,16-,17-/m0/s1. The maximum absolute atomic E-state index is 12.9. The molecule has 0 aromatic heterocycles. The van der Waals surface area contributed by atoms with Crippen LogP contribution in [0, 0.1) is 23.2 Å². The van der Waals surface area contributed by atoms with Crippen LogP contribution in [-0.2, 0) is 14.3 Å². The summed E-state index contributed by atoms with van der Waals surface area (Å²) in [6, 6.07) is 8.30. The Hall–Kier alpha value is -2.49. The summed E-state index contributed by atoms with van der Waals surface area (Å²) in [6.45, 7) is 1.42. The minimum atomic E-state index is -1.12. The first-order valence-electron chi connectivity index (χ1n) is 7.35. The summed E-state index contributed by atoms with van der Waals surface area (Å²) in [7, 11) is 0. The Morgan fingerprint density at radius 2 is 1.87 bits per heavy atom. The molecule has 6 nitrogen and oxygen atoms in total. The van der Waals surface area contributed by atoms with Crippen molar-refractivity contribution in [1.82, 2.24) is 0 Å². The van der Waals surface area contributed by atoms with Crippen molar-refractivity contribution >= 4 is 17.5 Å². The van der Waals surface area contributed by atoms with Crippen molar-refractivity contribution in [2.45, 2.75) is 18.1 Å². The number of carbonyl (C=O) groups is 2. The molecule has 2 saturated heterocycles. The maximum atomic E-state index is 12.9. The summed E-state index contributed by atoms with van der Waals surface area (Å²) in [5.74, 6) is -2.05. The predicted octanol–water partition coefficient (Wildman–Crippen LogP) is 0.754. The molecule has 0 saturated carbocycles. The molecule has 3 aliphatic rings. The Morgan fingerprint density at radius 3 is 2.48 bits per heavy atom. The molecule has 2 fully saturated rings. The van der Waals surface area contributed by atoms with Crippen LogP contribution in [0.25, 0.3) is 0 Å². The number of fused-ring (bicyclic) bond motifs is 5. The fourth-order valence-electron chi connectivity index (χ4n) is 3.98. The topological polar surface area (TPSA) is 90.6 Å². The van der Waals surface area contributed by atoms with Gasteiger partial charge in [0.25, 0.3) is 0 Å². The molecule has 2 bridgehead atoms. The Kier molecular flexibility index (Phi) is 2.63. The van der Waals surface area contributed by atoms with Crippen LogP contribution in [-0.4, -0.2) is 34.7 Å². The number of nitriles is 1. The molecule has 0 unspecified atom stereocenters. The van der Waals surface area contributed by atoms with Crippen molar-refractivity contribution in [3.63, 3.8) is 0 Å². The third kappa shape index (κ3) is 1.58. The lowest BCUT2D eigenvalue weighted by atomic mass is 9.73. The predicted molar refractivity (Wildman–Crippen MR) is 79.1 cm³/mol. The molecular weight excluding hydrogens is 296 g/mol. The Morgan fingerprint density at radius 1 is 1.22 bits per heavy atom. The number of aliphatic hydroxyl groups excluding tert-OH is 1. The average molecular weight is 310 g/mol. The van der Waals surface area contributed by atoms with Crippen LogP contribution in [0.4, 0.5) is 5.69 Å². The van der Waals surface area contributed by atoms with Gasteiger partial charge in [-0.05, 0) is 31.2 Å². The lowest BCUT2D eigenvalue weighted by Gasteiger charge is -2.26. The summed E-state index contributed by atoms with van der Waals surface area (Å²) < 4.78 is 5.85. The van der Waals surface area contributed by atoms with Gasteiger partial charge in [-0.2, -0.15) is 5.26 Å². The van der Waals surface area contributed by atoms with E-state index >= 15 is 0 Å². The van der Waals surface area contributed by atoms with Crippen molar-refractivity contribution in [2.75, 3.05) is 11.5 Å². The van der Waals surface area contributed by atoms with E-state index in [9.17, 15) is 14.7 Å². The van der Waals surface area contributed by atoms with Gasteiger partial charge in [0.15, 0.2) is 0 Å². The molecule has 1 aromatic carbocycles. The van der Waals surface area contributed by atoms with Gasteiger partial charge in [-0.3, -0.25) is 9.59 Å². The van der Waals surface area contributed by atoms with Gasteiger partial charge in [0, 0.05) is 0 Å². The van der Waals surface area contributed by atoms with Gasteiger partial charge in [-0.15, -0.1) is 0 Å². The number of rotatable bonds is 2. The highest BCUT2D eigenvalue weighted by Crippen LogP contribution is 2.57. The zero-order chi connectivity index (χ0) is 16.4. The SMILES string of the molecule is C[C@@]12C=C[C@@](CO)(O1)[C@H]1C(=O)N(c3ccc(C#N)cc3)C(=O)[C@H]12. The maximum Gasteiger partial charge on any atom is 0.241 e. The molecule has 0 aliphatic carbocycles. The summed E-state index contributed by atoms with van der Waals surface area (Å²) in [6.07, 6.45) is 3.46. The number of imide groups is 1. The Bertz CT molecular complexity index is 794. The molecule has 4 rings (SSSR count). The number of carbonyl (C=O) groups excluding carboxylic acids is 2. The smallest absolute Gasteiger partial charge is 0.241 e. The molecule has 4 atom stereocenters. The number of anilines is 1. The van der Waals surface area contributed by atoms with E-state index in [1.165, 1.54) is 0 Å². The first-order valence-corrected chi connectivity index (χ1v) is 7.35. The van der Waals surface area contributed by atoms with Crippen LogP contribution in [0.1, 0.15) is 12.5 Å². The Balaban J connectivity index is 1.78. The second kappa shape index (κ2) is 4.28. The molecule has 1 N–H and O–H groups in total. The number of nitrogens with zero attached hydrogens (tertiary/aromatic N) is 2. The van der Waals surface area contributed by atoms with E-state index in [1.807, 2.05) is 6.07 Å². The quantitative estimate of drug-likeness (QED) is 0.643. The highest BCUT2D eigenvalue weighted by molar-refractivity contribution is 6.23. The van der Waals surface area contributed by atoms with Crippen LogP contribution in [0.2, 0.25) is 0 Å². The van der Waals surface area contributed by atoms with Gasteiger partial charge in [0.2, 0.25) is 11.8 Å². The van der Waals surface area contributed by atoms with Crippen molar-refractivity contribution in [3.05, 3.63) is 42.0 Å². The molecule has 6 heteroatoms. The summed E-state index contributed by atoms with van der Waals surface area (Å²) >= 11 is 0. The zero-order valence-electron chi connectivity index (χ0n) is 12.4. The molecule has 0 spiro atoms. The fraction of sp³-hybridized carbons (Fsp3) is 0.353. The van der Waals surface area contributed by atoms with Crippen LogP contribution < -0.4 is 4.90 Å². The zero-order valence-corrected chi connectivity index (χ0v) is 12.4. The van der Waals surface area contributed by atoms with E-state index in [4.69, 9.17) is 10.00 Å². The largest absolute Gasteiger partial charge is 0.393 e. The number of hydrogen-bond donors (Lipinski definition) is 1. The summed E-state index contributed by atoms with van der Waals surface area (Å²) in [5.41, 5.74) is -1.10. The van der Waals surface area contributed by atoms with E-state index in [0.717, 1.165) is 4.90 Å². The highest BCUT2D eigenvalue weighted by atomic mass is 16.5. The lowest BCUT2D eigenvalue weighted by Crippen LogP contribution is -2.43. The summed E-state index contributed by atoms with van der Waals surface area (Å²) in [4.78, 5) is 26.9. The number of hydrogen-bond acceptors (Lipinski definition) is 5. The van der Waals surface area contributed by atoms with Crippen molar-refractivity contribution in [1.29, 1.82) is 5.26 Å². The molecule has 2 amide bonds. The monoisotopic (exact) mass is 310 g/mol. The molecule has 3 aliphatic heterocycles. The van der Waals surface area contributed by atoms with E-state index in [2.05, 4.69) is 0 Å². The lowest BCUT2D eigenvalue weighted by molar-refractivity contribution is -0.131. The van der Waals surface area contributed by atoms with E-state index < -0.39 is 23.0 Å². The van der Waals surface area contributed by atoms with Crippen LogP contribution in [0.15, 0.2) is 36.4 Å². The molecule has 23 heavy (non-hydrogen) atoms. The number of ether oxygens (including phenoxy) is 1. The van der Waals surface area contributed by atoms with Crippen LogP contribution >= 0.6 is 0 Å². The van der Waals surface area contributed by atoms with E-state index in [-0.39, 0.29) is 18.4 Å². The summed E-state index contributed by atoms with van der Waals surface area (Å²) in [5, 5.41) is 18.6. The van der Waals surface area contributed by atoms with Gasteiger partial charge in [0.1, 0.15) is 5.60 Å². The molecular formula is C17H14N2O4. The molecule has 0 radical (unpaired) electrons. The normalized spacial score (nSPS) is 37.3. The van der Waals surface area contributed by atoms with Gasteiger partial charge >= 0.3 is 0 Å². The second-order valence-electron chi connectivity index (χ2n) is 6.36. The average Bonchev–Trinajstić information content (AvgIpc) is 3.14. The second-order valence-corrected chi connectivity index (χ2v) is 6.36. The first kappa shape index (κ1) is 14.1. The fourth-order valence-corrected chi connectivity index (χ4v) is 3.98. The van der Waals surface area contributed by atoms with Crippen LogP contribution in [0.5, 0.6) is 0 Å². The van der Waals surface area contributed by atoms with Crippen molar-refractivity contribution in [2.24, 2.45) is 11.8 Å². The molecule has 116 valence electrons. The number of amides is 2. The van der Waals surface area contributed by atoms with Crippen molar-refractivity contribution in [3.8, 4) is 6.07 Å².